The molecule has 1 aliphatic rings. The molecule has 0 unspecified atom stereocenters. The zero-order chi connectivity index (χ0) is 15.1. The zero-order valence-electron chi connectivity index (χ0n) is 13.1. The summed E-state index contributed by atoms with van der Waals surface area (Å²) in [6.45, 7) is 3.10. The van der Waals surface area contributed by atoms with Crippen LogP contribution in [-0.2, 0) is 26.4 Å². The van der Waals surface area contributed by atoms with Gasteiger partial charge < -0.3 is 9.88 Å². The Morgan fingerprint density at radius 2 is 2.27 bits per heavy atom. The van der Waals surface area contributed by atoms with Gasteiger partial charge in [-0.25, -0.2) is 4.98 Å². The van der Waals surface area contributed by atoms with Gasteiger partial charge in [-0.15, -0.1) is 0 Å². The second-order valence-corrected chi connectivity index (χ2v) is 6.15. The van der Waals surface area contributed by atoms with Crippen molar-refractivity contribution in [1.29, 1.82) is 0 Å². The van der Waals surface area contributed by atoms with Crippen LogP contribution in [0.25, 0.3) is 11.0 Å². The van der Waals surface area contributed by atoms with E-state index < -0.39 is 0 Å². The molecule has 0 saturated heterocycles. The fourth-order valence-corrected chi connectivity index (χ4v) is 3.32. The number of aromatic nitrogens is 4. The predicted molar refractivity (Wildman–Crippen MR) is 88.1 cm³/mol. The van der Waals surface area contributed by atoms with Crippen LogP contribution >= 0.6 is 0 Å². The molecular weight excluding hydrogens is 274 g/mol. The summed E-state index contributed by atoms with van der Waals surface area (Å²) in [6.07, 6.45) is 6.99. The molecule has 4 rings (SSSR count). The largest absolute Gasteiger partial charge is 0.382 e. The number of hydrogen-bond donors (Lipinski definition) is 1. The minimum absolute atomic E-state index is 0.549. The number of rotatable bonds is 3. The fourth-order valence-electron chi connectivity index (χ4n) is 3.32. The number of benzene rings is 1. The third kappa shape index (κ3) is 2.17. The fraction of sp³-hybridized carbons (Fsp3) is 0.412. The second-order valence-electron chi connectivity index (χ2n) is 6.15. The van der Waals surface area contributed by atoms with Crippen molar-refractivity contribution < 1.29 is 0 Å². The number of nitrogens with one attached hydrogen (secondary N) is 1. The summed E-state index contributed by atoms with van der Waals surface area (Å²) in [5.74, 6) is 1.12. The lowest BCUT2D eigenvalue weighted by Gasteiger charge is -2.24. The maximum absolute atomic E-state index is 4.93. The van der Waals surface area contributed by atoms with Crippen molar-refractivity contribution in [2.45, 2.75) is 38.8 Å². The van der Waals surface area contributed by atoms with E-state index in [1.165, 1.54) is 23.2 Å². The van der Waals surface area contributed by atoms with Gasteiger partial charge in [0.25, 0.3) is 0 Å². The number of fused-ring (bicyclic) bond motifs is 3. The maximum atomic E-state index is 4.93. The lowest BCUT2D eigenvalue weighted by molar-refractivity contribution is 0.591. The van der Waals surface area contributed by atoms with Crippen molar-refractivity contribution in [3.05, 3.63) is 42.0 Å². The smallest absolute Gasteiger partial charge is 0.111 e. The third-order valence-corrected chi connectivity index (χ3v) is 4.60. The van der Waals surface area contributed by atoms with E-state index in [4.69, 9.17) is 4.98 Å². The van der Waals surface area contributed by atoms with E-state index in [0.717, 1.165) is 30.7 Å². The number of hydrogen-bond acceptors (Lipinski definition) is 3. The standard InChI is InChI=1S/C17H21N5/c1-12-4-5-13-14(19-12)6-7-15-17(13)20-16(21(15)2)8-11-22-10-3-9-18-22/h3,6-7,9-10,12,19H,4-5,8,11H2,1-2H3/t12-/m0/s1. The van der Waals surface area contributed by atoms with Crippen LogP contribution in [0.1, 0.15) is 24.7 Å². The Morgan fingerprint density at radius 1 is 1.36 bits per heavy atom. The molecule has 1 aromatic carbocycles. The van der Waals surface area contributed by atoms with E-state index in [2.05, 4.69) is 41.1 Å². The maximum Gasteiger partial charge on any atom is 0.111 e. The highest BCUT2D eigenvalue weighted by Crippen LogP contribution is 2.31. The topological polar surface area (TPSA) is 47.7 Å². The third-order valence-electron chi connectivity index (χ3n) is 4.60. The first kappa shape index (κ1) is 13.4. The summed E-state index contributed by atoms with van der Waals surface area (Å²) in [7, 11) is 2.11. The molecule has 1 atom stereocenters. The second kappa shape index (κ2) is 5.16. The molecule has 0 saturated carbocycles. The summed E-state index contributed by atoms with van der Waals surface area (Å²) in [5, 5.41) is 7.83. The van der Waals surface area contributed by atoms with Crippen molar-refractivity contribution in [3.63, 3.8) is 0 Å². The number of anilines is 1. The van der Waals surface area contributed by atoms with E-state index in [0.29, 0.717) is 6.04 Å². The highest BCUT2D eigenvalue weighted by atomic mass is 15.3. The lowest BCUT2D eigenvalue weighted by atomic mass is 9.98. The van der Waals surface area contributed by atoms with Crippen molar-refractivity contribution >= 4 is 16.7 Å². The molecular formula is C17H21N5. The van der Waals surface area contributed by atoms with Gasteiger partial charge in [0.15, 0.2) is 0 Å². The predicted octanol–water partition coefficient (Wildman–Crippen LogP) is 2.76. The summed E-state index contributed by atoms with van der Waals surface area (Å²) >= 11 is 0. The van der Waals surface area contributed by atoms with Gasteiger partial charge in [-0.05, 0) is 38.0 Å². The Morgan fingerprint density at radius 3 is 3.09 bits per heavy atom. The van der Waals surface area contributed by atoms with Gasteiger partial charge in [0.05, 0.1) is 11.0 Å². The minimum Gasteiger partial charge on any atom is -0.382 e. The molecule has 0 spiro atoms. The van der Waals surface area contributed by atoms with E-state index in [9.17, 15) is 0 Å². The molecule has 3 heterocycles. The Labute approximate surface area is 130 Å². The highest BCUT2D eigenvalue weighted by molar-refractivity contribution is 5.85. The van der Waals surface area contributed by atoms with Crippen LogP contribution in [0.2, 0.25) is 0 Å². The molecule has 1 N–H and O–H groups in total. The molecule has 22 heavy (non-hydrogen) atoms. The van der Waals surface area contributed by atoms with Gasteiger partial charge in [-0.3, -0.25) is 4.68 Å². The van der Waals surface area contributed by atoms with Crippen molar-refractivity contribution in [3.8, 4) is 0 Å². The normalized spacial score (nSPS) is 17.5. The first-order valence-corrected chi connectivity index (χ1v) is 7.93. The molecule has 2 aromatic heterocycles. The van der Waals surface area contributed by atoms with Crippen LogP contribution in [-0.4, -0.2) is 25.4 Å². The van der Waals surface area contributed by atoms with Crippen molar-refractivity contribution in [1.82, 2.24) is 19.3 Å². The van der Waals surface area contributed by atoms with Crippen LogP contribution in [0.3, 0.4) is 0 Å². The van der Waals surface area contributed by atoms with Crippen molar-refractivity contribution in [2.75, 3.05) is 5.32 Å². The Kier molecular flexibility index (Phi) is 3.13. The number of nitrogens with zero attached hydrogens (tertiary/aromatic N) is 4. The van der Waals surface area contributed by atoms with E-state index >= 15 is 0 Å². The Balaban J connectivity index is 1.70. The molecule has 3 aromatic rings. The molecule has 0 radical (unpaired) electrons. The molecule has 0 fully saturated rings. The Hall–Kier alpha value is -2.30. The lowest BCUT2D eigenvalue weighted by Crippen LogP contribution is -2.22. The minimum atomic E-state index is 0.549. The van der Waals surface area contributed by atoms with Gasteiger partial charge in [0.2, 0.25) is 0 Å². The Bertz CT molecular complexity index is 800. The van der Waals surface area contributed by atoms with E-state index in [1.54, 1.807) is 0 Å². The van der Waals surface area contributed by atoms with Crippen LogP contribution in [0, 0.1) is 0 Å². The summed E-state index contributed by atoms with van der Waals surface area (Å²) in [5.41, 5.74) is 5.01. The molecule has 1 aliphatic heterocycles. The molecule has 0 aliphatic carbocycles. The quantitative estimate of drug-likeness (QED) is 0.808. The van der Waals surface area contributed by atoms with Gasteiger partial charge in [0, 0.05) is 49.7 Å². The first-order valence-electron chi connectivity index (χ1n) is 7.93. The highest BCUT2D eigenvalue weighted by Gasteiger charge is 2.19. The van der Waals surface area contributed by atoms with Crippen LogP contribution < -0.4 is 5.32 Å². The summed E-state index contributed by atoms with van der Waals surface area (Å²) < 4.78 is 4.18. The van der Waals surface area contributed by atoms with Crippen LogP contribution in [0.5, 0.6) is 0 Å². The number of aryl methyl sites for hydroxylation is 4. The van der Waals surface area contributed by atoms with Crippen LogP contribution in [0.15, 0.2) is 30.6 Å². The van der Waals surface area contributed by atoms with Gasteiger partial charge in [-0.1, -0.05) is 0 Å². The summed E-state index contributed by atoms with van der Waals surface area (Å²) in [4.78, 5) is 4.93. The van der Waals surface area contributed by atoms with E-state index in [1.807, 2.05) is 23.1 Å². The average Bonchev–Trinajstić information content (AvgIpc) is 3.13. The molecule has 114 valence electrons. The molecule has 5 nitrogen and oxygen atoms in total. The average molecular weight is 295 g/mol. The van der Waals surface area contributed by atoms with Crippen LogP contribution in [0.4, 0.5) is 5.69 Å². The molecule has 0 bridgehead atoms. The van der Waals surface area contributed by atoms with Gasteiger partial charge >= 0.3 is 0 Å². The zero-order valence-corrected chi connectivity index (χ0v) is 13.1. The summed E-state index contributed by atoms with van der Waals surface area (Å²) in [6, 6.07) is 6.89. The van der Waals surface area contributed by atoms with E-state index in [-0.39, 0.29) is 0 Å². The van der Waals surface area contributed by atoms with Gasteiger partial charge in [-0.2, -0.15) is 5.10 Å². The van der Waals surface area contributed by atoms with Gasteiger partial charge in [0.1, 0.15) is 5.82 Å². The SMILES string of the molecule is C[C@H]1CCc2c(ccc3c2nc(CCn2cccn2)n3C)N1. The van der Waals surface area contributed by atoms with Crippen molar-refractivity contribution in [2.24, 2.45) is 7.05 Å². The number of imidazole rings is 1. The molecule has 5 heteroatoms. The monoisotopic (exact) mass is 295 g/mol. The first-order chi connectivity index (χ1) is 10.7. The molecule has 0 amide bonds.